The number of aliphatic hydroxyl groups is 2. The van der Waals surface area contributed by atoms with Gasteiger partial charge in [-0.3, -0.25) is 28.0 Å². The summed E-state index contributed by atoms with van der Waals surface area (Å²) in [5, 5.41) is 20.0. The molecule has 59 heavy (non-hydrogen) atoms. The third kappa shape index (κ3) is 31.5. The van der Waals surface area contributed by atoms with Crippen LogP contribution in [0.3, 0.4) is 0 Å². The Bertz CT molecular complexity index is 1330. The molecule has 0 aromatic rings. The highest BCUT2D eigenvalue weighted by Crippen LogP contribution is 2.44. The number of ether oxygens (including phenoxy) is 2. The second kappa shape index (κ2) is 33.6. The molecule has 17 heteroatoms. The molecular weight excluding hydrogens is 806 g/mol. The van der Waals surface area contributed by atoms with E-state index < -0.39 is 72.3 Å². The molecule has 0 bridgehead atoms. The molecule has 0 spiro atoms. The van der Waals surface area contributed by atoms with Gasteiger partial charge in [0.25, 0.3) is 0 Å². The monoisotopic (exact) mass is 880 g/mol. The van der Waals surface area contributed by atoms with Crippen LogP contribution in [0.15, 0.2) is 36.5 Å². The molecule has 0 amide bonds. The fourth-order valence-corrected chi connectivity index (χ4v) is 7.49. The van der Waals surface area contributed by atoms with E-state index in [-0.39, 0.29) is 30.5 Å². The average Bonchev–Trinajstić information content (AvgIpc) is 3.54. The van der Waals surface area contributed by atoms with Crippen molar-refractivity contribution in [3.05, 3.63) is 36.5 Å². The van der Waals surface area contributed by atoms with Gasteiger partial charge in [-0.1, -0.05) is 141 Å². The van der Waals surface area contributed by atoms with Gasteiger partial charge in [0.2, 0.25) is 0 Å². The summed E-state index contributed by atoms with van der Waals surface area (Å²) < 4.78 is 47.7. The van der Waals surface area contributed by atoms with Crippen molar-refractivity contribution in [2.24, 2.45) is 11.8 Å². The number of rotatable bonds is 38. The van der Waals surface area contributed by atoms with E-state index in [9.17, 15) is 38.6 Å². The van der Waals surface area contributed by atoms with Gasteiger partial charge in [-0.15, -0.1) is 0 Å². The predicted molar refractivity (Wildman–Crippen MR) is 225 cm³/mol. The normalized spacial score (nSPS) is 18.4. The minimum absolute atomic E-state index is 0.0106. The number of carbonyl (C=O) groups excluding carboxylic acids is 3. The van der Waals surface area contributed by atoms with E-state index in [1.54, 1.807) is 18.2 Å². The number of ketones is 1. The predicted octanol–water partition coefficient (Wildman–Crippen LogP) is 8.51. The van der Waals surface area contributed by atoms with Crippen molar-refractivity contribution in [2.75, 3.05) is 26.4 Å². The van der Waals surface area contributed by atoms with Crippen molar-refractivity contribution >= 4 is 33.4 Å². The standard InChI is InChI=1S/C42H74O15P2/c1-3-5-7-8-9-10-11-12-13-14-15-16-22-26-42(47)57-38(34-56-59(51,52)55-32-37(44)31-54-58(48,49)50)33-53-41(46)25-21-18-17-20-23-35-27-30-40(45)39(35)29-28-36(43)24-19-6-4-2/h17,20,27-30,35-39,43-44H,3-16,18-19,21-26,31-34H2,1-2H3,(H,51,52)(H2,48,49,50)/b20-17-,29-28+/t35-,36-,37-,38+,39+/m0/s1. The van der Waals surface area contributed by atoms with Gasteiger partial charge in [-0.05, 0) is 44.1 Å². The molecule has 0 saturated heterocycles. The van der Waals surface area contributed by atoms with Gasteiger partial charge >= 0.3 is 27.6 Å². The molecule has 0 aliphatic heterocycles. The van der Waals surface area contributed by atoms with Crippen molar-refractivity contribution in [2.45, 2.75) is 173 Å². The molecule has 6 atom stereocenters. The van der Waals surface area contributed by atoms with E-state index in [4.69, 9.17) is 23.8 Å². The Labute approximate surface area is 352 Å². The maximum Gasteiger partial charge on any atom is 0.472 e. The van der Waals surface area contributed by atoms with Gasteiger partial charge in [-0.2, -0.15) is 0 Å². The van der Waals surface area contributed by atoms with E-state index in [0.717, 1.165) is 44.9 Å². The van der Waals surface area contributed by atoms with E-state index >= 15 is 0 Å². The number of aliphatic hydroxyl groups excluding tert-OH is 2. The number of carbonyl (C=O) groups is 3. The molecule has 5 N–H and O–H groups in total. The Hall–Kier alpha value is -2.03. The van der Waals surface area contributed by atoms with Gasteiger partial charge in [0.1, 0.15) is 12.7 Å². The first-order chi connectivity index (χ1) is 28.2. The molecule has 0 fully saturated rings. The van der Waals surface area contributed by atoms with Crippen molar-refractivity contribution in [1.82, 2.24) is 0 Å². The summed E-state index contributed by atoms with van der Waals surface area (Å²) in [6.45, 7) is 1.43. The summed E-state index contributed by atoms with van der Waals surface area (Å²) in [4.78, 5) is 65.2. The molecule has 0 heterocycles. The van der Waals surface area contributed by atoms with Gasteiger partial charge in [-0.25, -0.2) is 9.13 Å². The van der Waals surface area contributed by atoms with Crippen LogP contribution in [0.4, 0.5) is 0 Å². The molecule has 1 rings (SSSR count). The second-order valence-electron chi connectivity index (χ2n) is 15.3. The largest absolute Gasteiger partial charge is 0.472 e. The summed E-state index contributed by atoms with van der Waals surface area (Å²) in [6, 6.07) is 0. The molecule has 0 aromatic heterocycles. The second-order valence-corrected chi connectivity index (χ2v) is 18.0. The minimum atomic E-state index is -4.88. The van der Waals surface area contributed by atoms with E-state index in [2.05, 4.69) is 22.9 Å². The van der Waals surface area contributed by atoms with Crippen LogP contribution in [0.5, 0.6) is 0 Å². The van der Waals surface area contributed by atoms with Crippen LogP contribution in [0.25, 0.3) is 0 Å². The van der Waals surface area contributed by atoms with Crippen molar-refractivity contribution in [1.29, 1.82) is 0 Å². The highest BCUT2D eigenvalue weighted by atomic mass is 31.2. The van der Waals surface area contributed by atoms with Crippen LogP contribution in [0.1, 0.15) is 155 Å². The zero-order valence-electron chi connectivity index (χ0n) is 35.4. The van der Waals surface area contributed by atoms with Crippen molar-refractivity contribution in [3.8, 4) is 0 Å². The SMILES string of the molecule is CCCCCCCCCCCCCCCC(=O)O[C@H](COC(=O)CCC/C=C\C[C@H]1C=CC(=O)[C@@H]1/C=C/[C@@H](O)CCCCC)COP(=O)(O)OC[C@@H](O)COP(=O)(O)O. The van der Waals surface area contributed by atoms with E-state index in [0.29, 0.717) is 32.1 Å². The molecule has 1 aliphatic rings. The van der Waals surface area contributed by atoms with Crippen LogP contribution in [0.2, 0.25) is 0 Å². The summed E-state index contributed by atoms with van der Waals surface area (Å²) in [6.07, 6.45) is 27.7. The number of phosphoric acid groups is 2. The van der Waals surface area contributed by atoms with Gasteiger partial charge in [0.15, 0.2) is 11.9 Å². The molecule has 0 radical (unpaired) electrons. The maximum absolute atomic E-state index is 12.7. The van der Waals surface area contributed by atoms with E-state index in [1.807, 2.05) is 18.2 Å². The molecule has 0 saturated carbocycles. The summed E-state index contributed by atoms with van der Waals surface area (Å²) >= 11 is 0. The zero-order valence-corrected chi connectivity index (χ0v) is 37.2. The number of unbranched alkanes of at least 4 members (excludes halogenated alkanes) is 15. The first kappa shape index (κ1) is 55.0. The first-order valence-corrected chi connectivity index (χ1v) is 24.8. The van der Waals surface area contributed by atoms with Crippen LogP contribution in [-0.4, -0.2) is 87.4 Å². The molecule has 1 unspecified atom stereocenters. The molecule has 342 valence electrons. The van der Waals surface area contributed by atoms with Crippen LogP contribution >= 0.6 is 15.6 Å². The van der Waals surface area contributed by atoms with E-state index in [1.165, 1.54) is 51.4 Å². The van der Waals surface area contributed by atoms with Crippen molar-refractivity contribution < 1.29 is 71.5 Å². The zero-order chi connectivity index (χ0) is 43.8. The Morgan fingerprint density at radius 2 is 1.27 bits per heavy atom. The summed E-state index contributed by atoms with van der Waals surface area (Å²) in [5.41, 5.74) is 0. The number of esters is 2. The number of allylic oxidation sites excluding steroid dienone is 5. The third-order valence-corrected chi connectivity index (χ3v) is 11.2. The number of hydrogen-bond donors (Lipinski definition) is 5. The lowest BCUT2D eigenvalue weighted by atomic mass is 9.90. The highest BCUT2D eigenvalue weighted by molar-refractivity contribution is 7.47. The molecule has 15 nitrogen and oxygen atoms in total. The number of phosphoric ester groups is 2. The minimum Gasteiger partial charge on any atom is -0.462 e. The Morgan fingerprint density at radius 3 is 1.90 bits per heavy atom. The average molecular weight is 881 g/mol. The Balaban J connectivity index is 2.54. The highest BCUT2D eigenvalue weighted by Gasteiger charge is 2.29. The Morgan fingerprint density at radius 1 is 0.712 bits per heavy atom. The lowest BCUT2D eigenvalue weighted by Gasteiger charge is -2.20. The molecule has 0 aromatic carbocycles. The summed E-state index contributed by atoms with van der Waals surface area (Å²) in [7, 11) is -9.74. The third-order valence-electron chi connectivity index (χ3n) is 9.77. The van der Waals surface area contributed by atoms with Crippen LogP contribution in [0, 0.1) is 11.8 Å². The lowest BCUT2D eigenvalue weighted by molar-refractivity contribution is -0.161. The lowest BCUT2D eigenvalue weighted by Crippen LogP contribution is -2.30. The smallest absolute Gasteiger partial charge is 0.462 e. The fraction of sp³-hybridized carbons (Fsp3) is 0.786. The molecule has 1 aliphatic carbocycles. The van der Waals surface area contributed by atoms with Crippen LogP contribution in [-0.2, 0) is 46.6 Å². The summed E-state index contributed by atoms with van der Waals surface area (Å²) in [5.74, 6) is -1.50. The quantitative estimate of drug-likeness (QED) is 0.0169. The topological polar surface area (TPSA) is 233 Å². The van der Waals surface area contributed by atoms with Gasteiger partial charge in [0.05, 0.1) is 25.9 Å². The van der Waals surface area contributed by atoms with Crippen molar-refractivity contribution in [3.63, 3.8) is 0 Å². The Kier molecular flexibility index (Phi) is 31.3. The fourth-order valence-electron chi connectivity index (χ4n) is 6.34. The number of hydrogen-bond acceptors (Lipinski definition) is 12. The molecular formula is C42H74O15P2. The van der Waals surface area contributed by atoms with Gasteiger partial charge < -0.3 is 34.4 Å². The van der Waals surface area contributed by atoms with Crippen LogP contribution < -0.4 is 0 Å². The first-order valence-electron chi connectivity index (χ1n) is 21.7. The maximum atomic E-state index is 12.7. The van der Waals surface area contributed by atoms with Gasteiger partial charge in [0, 0.05) is 18.8 Å².